The molecule has 25 heavy (non-hydrogen) atoms. The third-order valence-electron chi connectivity index (χ3n) is 3.13. The second-order valence-corrected chi connectivity index (χ2v) is 6.09. The lowest BCUT2D eigenvalue weighted by Gasteiger charge is -2.08. The van der Waals surface area contributed by atoms with Crippen LogP contribution in [0, 0.1) is 0 Å². The molecule has 0 unspecified atom stereocenters. The van der Waals surface area contributed by atoms with E-state index in [1.807, 2.05) is 0 Å². The number of halogens is 3. The third-order valence-corrected chi connectivity index (χ3v) is 3.96. The number of aromatic nitrogens is 3. The van der Waals surface area contributed by atoms with Crippen LogP contribution >= 0.6 is 34.8 Å². The van der Waals surface area contributed by atoms with Crippen molar-refractivity contribution in [3.63, 3.8) is 0 Å². The smallest absolute Gasteiger partial charge is 0.276 e. The molecule has 1 amide bonds. The van der Waals surface area contributed by atoms with E-state index in [-0.39, 0.29) is 17.6 Å². The summed E-state index contributed by atoms with van der Waals surface area (Å²) in [4.78, 5) is 16.1. The van der Waals surface area contributed by atoms with Crippen LogP contribution < -0.4 is 10.1 Å². The molecule has 1 N–H and O–H groups in total. The fourth-order valence-corrected chi connectivity index (χ4v) is 2.58. The molecule has 6 nitrogen and oxygen atoms in total. The Morgan fingerprint density at radius 1 is 1.20 bits per heavy atom. The third kappa shape index (κ3) is 4.42. The van der Waals surface area contributed by atoms with Gasteiger partial charge in [-0.3, -0.25) is 4.79 Å². The monoisotopic (exact) mass is 396 g/mol. The van der Waals surface area contributed by atoms with Gasteiger partial charge in [0.25, 0.3) is 5.91 Å². The zero-order valence-corrected chi connectivity index (χ0v) is 14.9. The zero-order chi connectivity index (χ0) is 17.8. The molecular weight excluding hydrogens is 387 g/mol. The molecule has 2 aromatic heterocycles. The molecule has 3 rings (SSSR count). The Kier molecular flexibility index (Phi) is 5.43. The Bertz CT molecular complexity index is 914. The number of carbonyl (C=O) groups is 1. The minimum absolute atomic E-state index is 0.0856. The van der Waals surface area contributed by atoms with Crippen LogP contribution in [-0.4, -0.2) is 20.7 Å². The van der Waals surface area contributed by atoms with E-state index in [0.717, 1.165) is 0 Å². The summed E-state index contributed by atoms with van der Waals surface area (Å²) in [6, 6.07) is 9.79. The fraction of sp³-hybridized carbons (Fsp3) is 0.0625. The number of amides is 1. The highest BCUT2D eigenvalue weighted by atomic mass is 35.5. The minimum Gasteiger partial charge on any atom is -0.470 e. The number of hydrogen-bond acceptors (Lipinski definition) is 4. The normalized spacial score (nSPS) is 10.5. The fourth-order valence-electron chi connectivity index (χ4n) is 1.95. The predicted molar refractivity (Wildman–Crippen MR) is 96.5 cm³/mol. The van der Waals surface area contributed by atoms with E-state index in [9.17, 15) is 4.79 Å². The van der Waals surface area contributed by atoms with Crippen LogP contribution in [0.3, 0.4) is 0 Å². The van der Waals surface area contributed by atoms with Crippen molar-refractivity contribution >= 4 is 46.4 Å². The van der Waals surface area contributed by atoms with Gasteiger partial charge in [0.1, 0.15) is 5.75 Å². The first-order valence-corrected chi connectivity index (χ1v) is 8.19. The molecule has 0 radical (unpaired) electrons. The molecule has 2 heterocycles. The summed E-state index contributed by atoms with van der Waals surface area (Å²) in [5.74, 6) is 0.0629. The van der Waals surface area contributed by atoms with Gasteiger partial charge < -0.3 is 10.1 Å². The molecule has 0 atom stereocenters. The number of nitrogens with one attached hydrogen (secondary N) is 1. The van der Waals surface area contributed by atoms with Crippen LogP contribution in [0.4, 0.5) is 5.69 Å². The van der Waals surface area contributed by atoms with Crippen LogP contribution in [-0.2, 0) is 6.73 Å². The molecular formula is C16H11Cl3N4O2. The van der Waals surface area contributed by atoms with Gasteiger partial charge in [0, 0.05) is 17.4 Å². The standard InChI is InChI=1S/C16H11Cl3N4O2/c17-10-3-4-14(11(18)8-10)25-9-23-7-5-13(22-23)16(24)21-12-2-1-6-20-15(12)19/h1-8H,9H2,(H,21,24). The molecule has 128 valence electrons. The number of hydrogen-bond donors (Lipinski definition) is 1. The van der Waals surface area contributed by atoms with Crippen LogP contribution in [0.25, 0.3) is 0 Å². The predicted octanol–water partition coefficient (Wildman–Crippen LogP) is 4.53. The summed E-state index contributed by atoms with van der Waals surface area (Å²) in [5, 5.41) is 7.90. The largest absolute Gasteiger partial charge is 0.470 e. The molecule has 0 spiro atoms. The molecule has 0 saturated carbocycles. The molecule has 0 saturated heterocycles. The van der Waals surface area contributed by atoms with Crippen molar-refractivity contribution in [3.05, 3.63) is 69.7 Å². The van der Waals surface area contributed by atoms with Gasteiger partial charge in [-0.05, 0) is 36.4 Å². The molecule has 9 heteroatoms. The molecule has 0 fully saturated rings. The van der Waals surface area contributed by atoms with Crippen molar-refractivity contribution in [3.8, 4) is 5.75 Å². The van der Waals surface area contributed by atoms with Gasteiger partial charge in [-0.25, -0.2) is 9.67 Å². The van der Waals surface area contributed by atoms with Gasteiger partial charge >= 0.3 is 0 Å². The number of pyridine rings is 1. The number of anilines is 1. The van der Waals surface area contributed by atoms with Gasteiger partial charge in [0.2, 0.25) is 0 Å². The Hall–Kier alpha value is -2.28. The van der Waals surface area contributed by atoms with E-state index in [0.29, 0.717) is 21.5 Å². The zero-order valence-electron chi connectivity index (χ0n) is 12.6. The van der Waals surface area contributed by atoms with Gasteiger partial charge in [0.05, 0.1) is 10.7 Å². The SMILES string of the molecule is O=C(Nc1cccnc1Cl)c1ccn(COc2ccc(Cl)cc2Cl)n1. The highest BCUT2D eigenvalue weighted by Gasteiger charge is 2.12. The molecule has 0 aliphatic heterocycles. The Balaban J connectivity index is 1.64. The summed E-state index contributed by atoms with van der Waals surface area (Å²) in [6.07, 6.45) is 3.15. The van der Waals surface area contributed by atoms with Gasteiger partial charge in [-0.2, -0.15) is 5.10 Å². The van der Waals surface area contributed by atoms with E-state index in [1.54, 1.807) is 42.6 Å². The lowest BCUT2D eigenvalue weighted by molar-refractivity contribution is 0.102. The first-order chi connectivity index (χ1) is 12.0. The van der Waals surface area contributed by atoms with E-state index in [4.69, 9.17) is 39.5 Å². The van der Waals surface area contributed by atoms with E-state index in [1.165, 1.54) is 10.9 Å². The average molecular weight is 398 g/mol. The number of nitrogens with zero attached hydrogens (tertiary/aromatic N) is 3. The van der Waals surface area contributed by atoms with Gasteiger partial charge in [0.15, 0.2) is 17.6 Å². The highest BCUT2D eigenvalue weighted by molar-refractivity contribution is 6.35. The lowest BCUT2D eigenvalue weighted by atomic mass is 10.3. The maximum absolute atomic E-state index is 12.2. The summed E-state index contributed by atoms with van der Waals surface area (Å²) in [5.41, 5.74) is 0.624. The molecule has 3 aromatic rings. The van der Waals surface area contributed by atoms with Crippen LogP contribution in [0.1, 0.15) is 10.5 Å². The summed E-state index contributed by atoms with van der Waals surface area (Å²) < 4.78 is 7.02. The van der Waals surface area contributed by atoms with Crippen molar-refractivity contribution in [2.75, 3.05) is 5.32 Å². The number of ether oxygens (including phenoxy) is 1. The van der Waals surface area contributed by atoms with Crippen molar-refractivity contribution in [2.24, 2.45) is 0 Å². The van der Waals surface area contributed by atoms with E-state index < -0.39 is 5.91 Å². The number of benzene rings is 1. The first kappa shape index (κ1) is 17.5. The van der Waals surface area contributed by atoms with Crippen LogP contribution in [0.15, 0.2) is 48.8 Å². The van der Waals surface area contributed by atoms with Crippen LogP contribution in [0.2, 0.25) is 15.2 Å². The molecule has 0 aliphatic rings. The maximum atomic E-state index is 12.2. The van der Waals surface area contributed by atoms with Crippen molar-refractivity contribution in [1.29, 1.82) is 0 Å². The Labute approximate surface area is 158 Å². The summed E-state index contributed by atoms with van der Waals surface area (Å²) in [6.45, 7) is 0.0856. The number of rotatable bonds is 5. The first-order valence-electron chi connectivity index (χ1n) is 7.06. The van der Waals surface area contributed by atoms with Crippen molar-refractivity contribution < 1.29 is 9.53 Å². The molecule has 0 bridgehead atoms. The second kappa shape index (κ2) is 7.74. The van der Waals surface area contributed by atoms with Gasteiger partial charge in [-0.1, -0.05) is 34.8 Å². The molecule has 1 aromatic carbocycles. The Morgan fingerprint density at radius 2 is 2.04 bits per heavy atom. The Morgan fingerprint density at radius 3 is 2.80 bits per heavy atom. The quantitative estimate of drug-likeness (QED) is 0.642. The van der Waals surface area contributed by atoms with Crippen molar-refractivity contribution in [2.45, 2.75) is 6.73 Å². The summed E-state index contributed by atoms with van der Waals surface area (Å²) in [7, 11) is 0. The minimum atomic E-state index is -0.404. The van der Waals surface area contributed by atoms with E-state index >= 15 is 0 Å². The summed E-state index contributed by atoms with van der Waals surface area (Å²) >= 11 is 17.8. The van der Waals surface area contributed by atoms with Gasteiger partial charge in [-0.15, -0.1) is 0 Å². The molecule has 0 aliphatic carbocycles. The topological polar surface area (TPSA) is 69.0 Å². The average Bonchev–Trinajstić information content (AvgIpc) is 3.05. The lowest BCUT2D eigenvalue weighted by Crippen LogP contribution is -2.14. The van der Waals surface area contributed by atoms with Crippen molar-refractivity contribution in [1.82, 2.24) is 14.8 Å². The number of carbonyl (C=O) groups excluding carboxylic acids is 1. The highest BCUT2D eigenvalue weighted by Crippen LogP contribution is 2.27. The second-order valence-electron chi connectivity index (χ2n) is 4.88. The van der Waals surface area contributed by atoms with Crippen LogP contribution in [0.5, 0.6) is 5.75 Å². The maximum Gasteiger partial charge on any atom is 0.276 e. The van der Waals surface area contributed by atoms with E-state index in [2.05, 4.69) is 15.4 Å².